The monoisotopic (exact) mass is 250 g/mol. The Hall–Kier alpha value is -2.80. The van der Waals surface area contributed by atoms with Crippen molar-refractivity contribution in [3.05, 3.63) is 60.0 Å². The van der Waals surface area contributed by atoms with Crippen molar-refractivity contribution in [1.82, 2.24) is 4.98 Å². The highest BCUT2D eigenvalue weighted by Gasteiger charge is 2.07. The van der Waals surface area contributed by atoms with Crippen LogP contribution in [0.5, 0.6) is 5.75 Å². The summed E-state index contributed by atoms with van der Waals surface area (Å²) in [5.74, 6) is 1.03. The zero-order valence-corrected chi connectivity index (χ0v) is 10.0. The number of aromatic nitrogens is 1. The van der Waals surface area contributed by atoms with E-state index in [4.69, 9.17) is 14.4 Å². The van der Waals surface area contributed by atoms with E-state index in [0.717, 1.165) is 11.1 Å². The first kappa shape index (κ1) is 11.3. The molecule has 0 amide bonds. The largest absolute Gasteiger partial charge is 0.482 e. The minimum absolute atomic E-state index is 0.202. The molecule has 1 aromatic heterocycles. The minimum Gasteiger partial charge on any atom is -0.482 e. The summed E-state index contributed by atoms with van der Waals surface area (Å²) in [5, 5.41) is 8.96. The molecule has 0 aliphatic rings. The number of ether oxygens (including phenoxy) is 1. The molecule has 2 aromatic carbocycles. The van der Waals surface area contributed by atoms with Crippen LogP contribution in [0.1, 0.15) is 11.5 Å². The van der Waals surface area contributed by atoms with E-state index in [1.807, 2.05) is 30.3 Å². The molecule has 0 fully saturated rings. The summed E-state index contributed by atoms with van der Waals surface area (Å²) in [6.45, 7) is 0.202. The highest BCUT2D eigenvalue weighted by atomic mass is 16.5. The summed E-state index contributed by atoms with van der Waals surface area (Å²) in [4.78, 5) is 4.31. The summed E-state index contributed by atoms with van der Waals surface area (Å²) < 4.78 is 11.1. The van der Waals surface area contributed by atoms with Crippen LogP contribution < -0.4 is 4.74 Å². The zero-order valence-electron chi connectivity index (χ0n) is 10.0. The van der Waals surface area contributed by atoms with Gasteiger partial charge in [-0.25, -0.2) is 4.98 Å². The zero-order chi connectivity index (χ0) is 13.1. The van der Waals surface area contributed by atoms with Gasteiger partial charge in [-0.3, -0.25) is 0 Å². The first-order valence-electron chi connectivity index (χ1n) is 5.83. The normalized spacial score (nSPS) is 10.3. The molecule has 0 unspecified atom stereocenters. The molecule has 0 N–H and O–H groups in total. The lowest BCUT2D eigenvalue weighted by molar-refractivity contribution is 0.266. The minimum atomic E-state index is 0.202. The summed E-state index contributed by atoms with van der Waals surface area (Å²) >= 11 is 0. The average molecular weight is 250 g/mol. The maximum absolute atomic E-state index is 8.96. The fourth-order valence-corrected chi connectivity index (χ4v) is 1.81. The lowest BCUT2D eigenvalue weighted by atomic mass is 10.2. The molecule has 0 aliphatic carbocycles. The van der Waals surface area contributed by atoms with Crippen LogP contribution >= 0.6 is 0 Å². The van der Waals surface area contributed by atoms with E-state index >= 15 is 0 Å². The van der Waals surface area contributed by atoms with Crippen molar-refractivity contribution in [2.45, 2.75) is 6.61 Å². The van der Waals surface area contributed by atoms with Gasteiger partial charge in [0.25, 0.3) is 0 Å². The molecule has 0 bridgehead atoms. The lowest BCUT2D eigenvalue weighted by Crippen LogP contribution is -1.97. The predicted molar refractivity (Wildman–Crippen MR) is 69.5 cm³/mol. The Morgan fingerprint density at radius 1 is 1.11 bits per heavy atom. The van der Waals surface area contributed by atoms with Crippen molar-refractivity contribution >= 4 is 11.1 Å². The van der Waals surface area contributed by atoms with Crippen LogP contribution in [0.25, 0.3) is 11.1 Å². The molecule has 0 saturated heterocycles. The third-order valence-electron chi connectivity index (χ3n) is 2.70. The van der Waals surface area contributed by atoms with Crippen LogP contribution in [0.2, 0.25) is 0 Å². The van der Waals surface area contributed by atoms with E-state index in [9.17, 15) is 0 Å². The third kappa shape index (κ3) is 2.26. The molecule has 4 nitrogen and oxygen atoms in total. The second kappa shape index (κ2) is 4.83. The molecule has 0 aliphatic heterocycles. The standard InChI is InChI=1S/C15H10N2O2/c16-9-11-5-1-3-7-13(11)18-10-15-17-12-6-2-4-8-14(12)19-15/h1-8H,10H2. The maximum Gasteiger partial charge on any atom is 0.233 e. The van der Waals surface area contributed by atoms with Crippen LogP contribution in [0, 0.1) is 11.3 Å². The number of rotatable bonds is 3. The Labute approximate surface area is 109 Å². The molecular weight excluding hydrogens is 240 g/mol. The molecule has 0 saturated carbocycles. The van der Waals surface area contributed by atoms with Crippen molar-refractivity contribution < 1.29 is 9.15 Å². The van der Waals surface area contributed by atoms with Gasteiger partial charge < -0.3 is 9.15 Å². The Bertz CT molecular complexity index is 723. The van der Waals surface area contributed by atoms with Gasteiger partial charge in [0.1, 0.15) is 17.3 Å². The molecule has 0 spiro atoms. The number of benzene rings is 2. The number of oxazole rings is 1. The Morgan fingerprint density at radius 3 is 2.74 bits per heavy atom. The second-order valence-electron chi connectivity index (χ2n) is 3.97. The third-order valence-corrected chi connectivity index (χ3v) is 2.70. The Balaban J connectivity index is 1.81. The van der Waals surface area contributed by atoms with Crippen LogP contribution in [0.15, 0.2) is 52.9 Å². The van der Waals surface area contributed by atoms with E-state index in [1.54, 1.807) is 18.2 Å². The van der Waals surface area contributed by atoms with Gasteiger partial charge >= 0.3 is 0 Å². The topological polar surface area (TPSA) is 59.0 Å². The SMILES string of the molecule is N#Cc1ccccc1OCc1nc2ccccc2o1. The molecule has 92 valence electrons. The van der Waals surface area contributed by atoms with Crippen LogP contribution in [-0.2, 0) is 6.61 Å². The highest BCUT2D eigenvalue weighted by molar-refractivity contribution is 5.72. The number of nitrogens with zero attached hydrogens (tertiary/aromatic N) is 2. The van der Waals surface area contributed by atoms with E-state index in [1.165, 1.54) is 0 Å². The Morgan fingerprint density at radius 2 is 1.89 bits per heavy atom. The number of fused-ring (bicyclic) bond motifs is 1. The van der Waals surface area contributed by atoms with Gasteiger partial charge in [0.15, 0.2) is 12.2 Å². The van der Waals surface area contributed by atoms with Crippen LogP contribution in [-0.4, -0.2) is 4.98 Å². The molecule has 1 heterocycles. The molecular formula is C15H10N2O2. The van der Waals surface area contributed by atoms with Gasteiger partial charge in [0.2, 0.25) is 5.89 Å². The van der Waals surface area contributed by atoms with Crippen molar-refractivity contribution in [1.29, 1.82) is 5.26 Å². The number of hydrogen-bond donors (Lipinski definition) is 0. The van der Waals surface area contributed by atoms with Crippen molar-refractivity contribution in [2.75, 3.05) is 0 Å². The molecule has 3 aromatic rings. The summed E-state index contributed by atoms with van der Waals surface area (Å²) in [5.41, 5.74) is 2.03. The predicted octanol–water partition coefficient (Wildman–Crippen LogP) is 3.28. The van der Waals surface area contributed by atoms with Gasteiger partial charge in [-0.2, -0.15) is 5.26 Å². The molecule has 4 heteroatoms. The summed E-state index contributed by atoms with van der Waals surface area (Å²) in [6, 6.07) is 16.7. The van der Waals surface area contributed by atoms with E-state index < -0.39 is 0 Å². The van der Waals surface area contributed by atoms with Gasteiger partial charge in [0.05, 0.1) is 5.56 Å². The molecule has 3 rings (SSSR count). The van der Waals surface area contributed by atoms with E-state index in [0.29, 0.717) is 17.2 Å². The first-order valence-corrected chi connectivity index (χ1v) is 5.83. The van der Waals surface area contributed by atoms with E-state index in [-0.39, 0.29) is 6.61 Å². The number of nitriles is 1. The first-order chi connectivity index (χ1) is 9.36. The van der Waals surface area contributed by atoms with Crippen molar-refractivity contribution in [3.63, 3.8) is 0 Å². The van der Waals surface area contributed by atoms with Gasteiger partial charge in [-0.05, 0) is 24.3 Å². The van der Waals surface area contributed by atoms with Crippen LogP contribution in [0.3, 0.4) is 0 Å². The highest BCUT2D eigenvalue weighted by Crippen LogP contribution is 2.20. The molecule has 0 atom stereocenters. The quantitative estimate of drug-likeness (QED) is 0.715. The van der Waals surface area contributed by atoms with Gasteiger partial charge in [-0.15, -0.1) is 0 Å². The smallest absolute Gasteiger partial charge is 0.233 e. The molecule has 19 heavy (non-hydrogen) atoms. The maximum atomic E-state index is 8.96. The number of para-hydroxylation sites is 3. The van der Waals surface area contributed by atoms with Crippen molar-refractivity contribution in [3.8, 4) is 11.8 Å². The molecule has 0 radical (unpaired) electrons. The average Bonchev–Trinajstić information content (AvgIpc) is 2.88. The lowest BCUT2D eigenvalue weighted by Gasteiger charge is -2.04. The van der Waals surface area contributed by atoms with E-state index in [2.05, 4.69) is 11.1 Å². The fourth-order valence-electron chi connectivity index (χ4n) is 1.81. The van der Waals surface area contributed by atoms with Crippen LogP contribution in [0.4, 0.5) is 0 Å². The summed E-state index contributed by atoms with van der Waals surface area (Å²) in [6.07, 6.45) is 0. The van der Waals surface area contributed by atoms with Gasteiger partial charge in [0, 0.05) is 0 Å². The van der Waals surface area contributed by atoms with Crippen molar-refractivity contribution in [2.24, 2.45) is 0 Å². The second-order valence-corrected chi connectivity index (χ2v) is 3.97. The number of hydrogen-bond acceptors (Lipinski definition) is 4. The fraction of sp³-hybridized carbons (Fsp3) is 0.0667. The summed E-state index contributed by atoms with van der Waals surface area (Å²) in [7, 11) is 0. The Kier molecular flexibility index (Phi) is 2.87. The van der Waals surface area contributed by atoms with Gasteiger partial charge in [-0.1, -0.05) is 24.3 Å².